The molecule has 1 rings (SSSR count). The molecule has 14 heavy (non-hydrogen) atoms. The molecule has 0 saturated heterocycles. The van der Waals surface area contributed by atoms with Gasteiger partial charge in [-0.2, -0.15) is 5.10 Å². The zero-order valence-electron chi connectivity index (χ0n) is 8.42. The Kier molecular flexibility index (Phi) is 3.64. The van der Waals surface area contributed by atoms with Crippen molar-refractivity contribution < 1.29 is 4.42 Å². The Bertz CT molecular complexity index is 357. The molecule has 0 aliphatic rings. The van der Waals surface area contributed by atoms with Crippen molar-refractivity contribution in [2.45, 2.75) is 13.8 Å². The fourth-order valence-electron chi connectivity index (χ4n) is 0.875. The van der Waals surface area contributed by atoms with Gasteiger partial charge in [0.1, 0.15) is 17.2 Å². The molecule has 4 nitrogen and oxygen atoms in total. The van der Waals surface area contributed by atoms with E-state index in [1.54, 1.807) is 7.05 Å². The summed E-state index contributed by atoms with van der Waals surface area (Å²) in [7, 11) is 1.73. The number of hydrazone groups is 1. The van der Waals surface area contributed by atoms with Gasteiger partial charge >= 0.3 is 0 Å². The Morgan fingerprint density at radius 2 is 2.21 bits per heavy atom. The summed E-state index contributed by atoms with van der Waals surface area (Å²) in [6.07, 6.45) is 0. The zero-order chi connectivity index (χ0) is 10.6. The maximum atomic E-state index is 5.38. The molecule has 0 unspecified atom stereocenters. The number of rotatable bonds is 2. The van der Waals surface area contributed by atoms with Crippen LogP contribution in [-0.4, -0.2) is 17.9 Å². The molecular weight excluding hydrogens is 198 g/mol. The molecule has 0 atom stereocenters. The summed E-state index contributed by atoms with van der Waals surface area (Å²) in [4.78, 5) is 0. The van der Waals surface area contributed by atoms with Crippen LogP contribution in [-0.2, 0) is 0 Å². The van der Waals surface area contributed by atoms with E-state index >= 15 is 0 Å². The number of hydrogen-bond acceptors (Lipinski definition) is 3. The van der Waals surface area contributed by atoms with Crippen LogP contribution in [0.2, 0.25) is 0 Å². The van der Waals surface area contributed by atoms with Crippen LogP contribution < -0.4 is 10.7 Å². The van der Waals surface area contributed by atoms with Crippen LogP contribution in [0.15, 0.2) is 21.7 Å². The van der Waals surface area contributed by atoms with E-state index in [4.69, 9.17) is 16.6 Å². The molecule has 76 valence electrons. The van der Waals surface area contributed by atoms with E-state index in [0.717, 1.165) is 17.2 Å². The molecular formula is C9H13N3OS. The Balaban J connectivity index is 2.65. The molecule has 0 bridgehead atoms. The Morgan fingerprint density at radius 1 is 1.50 bits per heavy atom. The summed E-state index contributed by atoms with van der Waals surface area (Å²) < 4.78 is 5.38. The minimum Gasteiger partial charge on any atom is -0.460 e. The zero-order valence-corrected chi connectivity index (χ0v) is 9.23. The average molecular weight is 211 g/mol. The van der Waals surface area contributed by atoms with Crippen LogP contribution in [0, 0.1) is 6.92 Å². The fraction of sp³-hybridized carbons (Fsp3) is 0.333. The van der Waals surface area contributed by atoms with Crippen molar-refractivity contribution in [2.24, 2.45) is 5.10 Å². The van der Waals surface area contributed by atoms with E-state index in [0.29, 0.717) is 5.11 Å². The van der Waals surface area contributed by atoms with Crippen LogP contribution in [0.4, 0.5) is 0 Å². The van der Waals surface area contributed by atoms with Crippen molar-refractivity contribution in [3.63, 3.8) is 0 Å². The Labute approximate surface area is 88.4 Å². The maximum absolute atomic E-state index is 5.38. The first kappa shape index (κ1) is 10.7. The molecule has 0 saturated carbocycles. The van der Waals surface area contributed by atoms with Crippen LogP contribution in [0.5, 0.6) is 0 Å². The maximum Gasteiger partial charge on any atom is 0.186 e. The summed E-state index contributed by atoms with van der Waals surface area (Å²) in [5, 5.41) is 7.29. The molecule has 0 aliphatic heterocycles. The van der Waals surface area contributed by atoms with Gasteiger partial charge in [-0.25, -0.2) is 0 Å². The second kappa shape index (κ2) is 4.76. The minimum absolute atomic E-state index is 0.479. The highest BCUT2D eigenvalue weighted by molar-refractivity contribution is 7.80. The van der Waals surface area contributed by atoms with Gasteiger partial charge in [-0.3, -0.25) is 5.43 Å². The second-order valence-electron chi connectivity index (χ2n) is 2.80. The van der Waals surface area contributed by atoms with E-state index in [1.165, 1.54) is 0 Å². The monoisotopic (exact) mass is 211 g/mol. The number of nitrogens with one attached hydrogen (secondary N) is 2. The topological polar surface area (TPSA) is 49.6 Å². The standard InChI is InChI=1S/C9H13N3OS/c1-6-4-5-8(13-6)7(2)11-12-9(14)10-3/h4-5H,1-3H3,(H2,10,12,14)/b11-7-. The van der Waals surface area contributed by atoms with Gasteiger partial charge in [0, 0.05) is 7.05 Å². The fourth-order valence-corrected chi connectivity index (χ4v) is 0.920. The third-order valence-corrected chi connectivity index (χ3v) is 1.94. The molecule has 0 aromatic carbocycles. The van der Waals surface area contributed by atoms with E-state index in [1.807, 2.05) is 26.0 Å². The molecule has 2 N–H and O–H groups in total. The molecule has 1 heterocycles. The van der Waals surface area contributed by atoms with Crippen LogP contribution in [0.3, 0.4) is 0 Å². The SMILES string of the molecule is CNC(=S)N/N=C(/C)c1ccc(C)o1. The highest BCUT2D eigenvalue weighted by Gasteiger charge is 2.01. The molecule has 5 heteroatoms. The Morgan fingerprint density at radius 3 is 2.71 bits per heavy atom. The third-order valence-electron chi connectivity index (χ3n) is 1.65. The molecule has 1 aromatic rings. The first-order valence-electron chi connectivity index (χ1n) is 4.22. The summed E-state index contributed by atoms with van der Waals surface area (Å²) in [6, 6.07) is 3.77. The molecule has 1 aromatic heterocycles. The van der Waals surface area contributed by atoms with Gasteiger partial charge in [0.25, 0.3) is 0 Å². The van der Waals surface area contributed by atoms with Gasteiger partial charge in [0.05, 0.1) is 0 Å². The van der Waals surface area contributed by atoms with Crippen LogP contribution >= 0.6 is 12.2 Å². The highest BCUT2D eigenvalue weighted by atomic mass is 32.1. The molecule has 0 fully saturated rings. The molecule has 0 amide bonds. The first-order valence-corrected chi connectivity index (χ1v) is 4.63. The smallest absolute Gasteiger partial charge is 0.186 e. The normalized spacial score (nSPS) is 11.2. The van der Waals surface area contributed by atoms with Gasteiger partial charge < -0.3 is 9.73 Å². The van der Waals surface area contributed by atoms with Crippen molar-refractivity contribution in [2.75, 3.05) is 7.05 Å². The van der Waals surface area contributed by atoms with Crippen molar-refractivity contribution in [3.8, 4) is 0 Å². The quantitative estimate of drug-likeness (QED) is 0.441. The molecule has 0 radical (unpaired) electrons. The Hall–Kier alpha value is -1.36. The van der Waals surface area contributed by atoms with Crippen molar-refractivity contribution in [1.29, 1.82) is 0 Å². The van der Waals surface area contributed by atoms with Crippen molar-refractivity contribution in [3.05, 3.63) is 23.7 Å². The van der Waals surface area contributed by atoms with Gasteiger partial charge in [-0.15, -0.1) is 0 Å². The number of aryl methyl sites for hydroxylation is 1. The van der Waals surface area contributed by atoms with Gasteiger partial charge in [-0.05, 0) is 38.2 Å². The largest absolute Gasteiger partial charge is 0.460 e. The predicted molar refractivity (Wildman–Crippen MR) is 60.4 cm³/mol. The lowest BCUT2D eigenvalue weighted by Gasteiger charge is -2.01. The number of nitrogens with zero attached hydrogens (tertiary/aromatic N) is 1. The first-order chi connectivity index (χ1) is 6.63. The summed E-state index contributed by atoms with van der Waals surface area (Å²) in [6.45, 7) is 3.74. The van der Waals surface area contributed by atoms with Crippen LogP contribution in [0.1, 0.15) is 18.4 Å². The second-order valence-corrected chi connectivity index (χ2v) is 3.21. The molecule has 0 aliphatic carbocycles. The van der Waals surface area contributed by atoms with Crippen molar-refractivity contribution in [1.82, 2.24) is 10.7 Å². The van der Waals surface area contributed by atoms with E-state index in [2.05, 4.69) is 15.8 Å². The number of thiocarbonyl (C=S) groups is 1. The summed E-state index contributed by atoms with van der Waals surface area (Å²) in [5.74, 6) is 1.61. The molecule has 0 spiro atoms. The van der Waals surface area contributed by atoms with Crippen molar-refractivity contribution >= 4 is 23.0 Å². The number of furan rings is 1. The third kappa shape index (κ3) is 2.85. The average Bonchev–Trinajstić information content (AvgIpc) is 2.60. The van der Waals surface area contributed by atoms with E-state index < -0.39 is 0 Å². The predicted octanol–water partition coefficient (Wildman–Crippen LogP) is 1.41. The van der Waals surface area contributed by atoms with Gasteiger partial charge in [0.2, 0.25) is 0 Å². The van der Waals surface area contributed by atoms with E-state index in [-0.39, 0.29) is 0 Å². The number of hydrogen-bond donors (Lipinski definition) is 2. The van der Waals surface area contributed by atoms with E-state index in [9.17, 15) is 0 Å². The summed E-state index contributed by atoms with van der Waals surface area (Å²) >= 11 is 4.87. The lowest BCUT2D eigenvalue weighted by Crippen LogP contribution is -2.29. The lowest BCUT2D eigenvalue weighted by molar-refractivity contribution is 0.525. The minimum atomic E-state index is 0.479. The highest BCUT2D eigenvalue weighted by Crippen LogP contribution is 2.06. The summed E-state index contributed by atoms with van der Waals surface area (Å²) in [5.41, 5.74) is 3.45. The lowest BCUT2D eigenvalue weighted by atomic mass is 10.3. The van der Waals surface area contributed by atoms with Gasteiger partial charge in [-0.1, -0.05) is 0 Å². The van der Waals surface area contributed by atoms with Crippen LogP contribution in [0.25, 0.3) is 0 Å². The van der Waals surface area contributed by atoms with Gasteiger partial charge in [0.15, 0.2) is 5.11 Å².